The van der Waals surface area contributed by atoms with Gasteiger partial charge in [-0.25, -0.2) is 0 Å². The zero-order chi connectivity index (χ0) is 18.4. The highest BCUT2D eigenvalue weighted by Crippen LogP contribution is 2.24. The fourth-order valence-electron chi connectivity index (χ4n) is 2.19. The number of ether oxygens (including phenoxy) is 1. The predicted molar refractivity (Wildman–Crippen MR) is 103 cm³/mol. The van der Waals surface area contributed by atoms with E-state index >= 15 is 0 Å². The van der Waals surface area contributed by atoms with Gasteiger partial charge in [-0.3, -0.25) is 9.59 Å². The van der Waals surface area contributed by atoms with Crippen LogP contribution < -0.4 is 15.4 Å². The molecule has 2 amide bonds. The van der Waals surface area contributed by atoms with Crippen LogP contribution in [0.5, 0.6) is 5.75 Å². The monoisotopic (exact) mass is 404 g/mol. The van der Waals surface area contributed by atoms with Gasteiger partial charge in [-0.1, -0.05) is 28.9 Å². The number of nitrogens with one attached hydrogen (secondary N) is 2. The SMILES string of the molecule is CCC(=O)Nc1cccc(NC(=O)COc2ccc(Br)c(C)c2)c1C. The van der Waals surface area contributed by atoms with Crippen molar-refractivity contribution in [3.63, 3.8) is 0 Å². The first kappa shape index (κ1) is 19.0. The summed E-state index contributed by atoms with van der Waals surface area (Å²) >= 11 is 3.43. The van der Waals surface area contributed by atoms with Crippen LogP contribution in [0.15, 0.2) is 40.9 Å². The molecule has 2 aromatic carbocycles. The van der Waals surface area contributed by atoms with Gasteiger partial charge >= 0.3 is 0 Å². The molecule has 132 valence electrons. The average molecular weight is 405 g/mol. The van der Waals surface area contributed by atoms with Crippen LogP contribution in [0.4, 0.5) is 11.4 Å². The third-order valence-electron chi connectivity index (χ3n) is 3.70. The van der Waals surface area contributed by atoms with Crippen LogP contribution in [0.1, 0.15) is 24.5 Å². The minimum atomic E-state index is -0.261. The molecule has 25 heavy (non-hydrogen) atoms. The van der Waals surface area contributed by atoms with E-state index in [0.717, 1.165) is 15.6 Å². The molecule has 0 aromatic heterocycles. The molecule has 0 aliphatic carbocycles. The first-order valence-corrected chi connectivity index (χ1v) is 8.78. The van der Waals surface area contributed by atoms with Crippen LogP contribution >= 0.6 is 15.9 Å². The number of rotatable bonds is 6. The number of halogens is 1. The largest absolute Gasteiger partial charge is 0.484 e. The van der Waals surface area contributed by atoms with Crippen molar-refractivity contribution in [3.05, 3.63) is 52.0 Å². The molecule has 0 unspecified atom stereocenters. The lowest BCUT2D eigenvalue weighted by molar-refractivity contribution is -0.118. The third-order valence-corrected chi connectivity index (χ3v) is 4.59. The summed E-state index contributed by atoms with van der Waals surface area (Å²) in [5.74, 6) is 0.305. The molecule has 5 nitrogen and oxygen atoms in total. The Balaban J connectivity index is 1.99. The molecule has 0 fully saturated rings. The van der Waals surface area contributed by atoms with E-state index in [9.17, 15) is 9.59 Å². The van der Waals surface area contributed by atoms with Gasteiger partial charge in [0.1, 0.15) is 5.75 Å². The van der Waals surface area contributed by atoms with E-state index in [4.69, 9.17) is 4.74 Å². The second kappa shape index (κ2) is 8.67. The van der Waals surface area contributed by atoms with Crippen LogP contribution in [-0.4, -0.2) is 18.4 Å². The molecule has 0 heterocycles. The lowest BCUT2D eigenvalue weighted by Gasteiger charge is -2.13. The van der Waals surface area contributed by atoms with Crippen molar-refractivity contribution < 1.29 is 14.3 Å². The van der Waals surface area contributed by atoms with Crippen molar-refractivity contribution in [2.45, 2.75) is 27.2 Å². The van der Waals surface area contributed by atoms with E-state index in [2.05, 4.69) is 26.6 Å². The molecule has 0 radical (unpaired) electrons. The van der Waals surface area contributed by atoms with Gasteiger partial charge in [-0.05, 0) is 55.3 Å². The van der Waals surface area contributed by atoms with Crippen molar-refractivity contribution in [2.24, 2.45) is 0 Å². The number of benzene rings is 2. The molecule has 0 atom stereocenters. The van der Waals surface area contributed by atoms with Gasteiger partial charge in [-0.2, -0.15) is 0 Å². The van der Waals surface area contributed by atoms with E-state index in [-0.39, 0.29) is 18.4 Å². The number of hydrogen-bond donors (Lipinski definition) is 2. The summed E-state index contributed by atoms with van der Waals surface area (Å²) in [7, 11) is 0. The van der Waals surface area contributed by atoms with Gasteiger partial charge in [0, 0.05) is 22.3 Å². The van der Waals surface area contributed by atoms with Crippen molar-refractivity contribution in [1.29, 1.82) is 0 Å². The van der Waals surface area contributed by atoms with E-state index in [0.29, 0.717) is 23.5 Å². The molecule has 2 aromatic rings. The Morgan fingerprint density at radius 3 is 2.28 bits per heavy atom. The molecule has 0 saturated heterocycles. The van der Waals surface area contributed by atoms with Gasteiger partial charge in [0.05, 0.1) is 0 Å². The van der Waals surface area contributed by atoms with E-state index in [1.165, 1.54) is 0 Å². The topological polar surface area (TPSA) is 67.4 Å². The molecule has 2 N–H and O–H groups in total. The van der Waals surface area contributed by atoms with Crippen molar-refractivity contribution in [3.8, 4) is 5.75 Å². The van der Waals surface area contributed by atoms with Crippen LogP contribution in [0, 0.1) is 13.8 Å². The Labute approximate surface area is 155 Å². The van der Waals surface area contributed by atoms with Crippen LogP contribution in [-0.2, 0) is 9.59 Å². The zero-order valence-electron chi connectivity index (χ0n) is 14.5. The average Bonchev–Trinajstić information content (AvgIpc) is 2.59. The first-order valence-electron chi connectivity index (χ1n) is 7.99. The minimum absolute atomic E-state index is 0.0690. The predicted octanol–water partition coefficient (Wildman–Crippen LogP) is 4.43. The molecule has 0 saturated carbocycles. The smallest absolute Gasteiger partial charge is 0.262 e. The summed E-state index contributed by atoms with van der Waals surface area (Å²) in [6, 6.07) is 10.9. The zero-order valence-corrected chi connectivity index (χ0v) is 16.1. The molecule has 2 rings (SSSR count). The highest BCUT2D eigenvalue weighted by molar-refractivity contribution is 9.10. The fraction of sp³-hybridized carbons (Fsp3) is 0.263. The summed E-state index contributed by atoms with van der Waals surface area (Å²) in [4.78, 5) is 23.7. The minimum Gasteiger partial charge on any atom is -0.484 e. The summed E-state index contributed by atoms with van der Waals surface area (Å²) in [6.07, 6.45) is 0.399. The number of hydrogen-bond acceptors (Lipinski definition) is 3. The molecule has 0 bridgehead atoms. The number of carbonyl (C=O) groups excluding carboxylic acids is 2. The Morgan fingerprint density at radius 1 is 1.04 bits per heavy atom. The number of amides is 2. The lowest BCUT2D eigenvalue weighted by Crippen LogP contribution is -2.21. The summed E-state index contributed by atoms with van der Waals surface area (Å²) in [5.41, 5.74) is 3.17. The van der Waals surface area contributed by atoms with Gasteiger partial charge in [0.15, 0.2) is 6.61 Å². The third kappa shape index (κ3) is 5.32. The summed E-state index contributed by atoms with van der Waals surface area (Å²) in [5, 5.41) is 5.63. The van der Waals surface area contributed by atoms with Crippen LogP contribution in [0.2, 0.25) is 0 Å². The summed E-state index contributed by atoms with van der Waals surface area (Å²) < 4.78 is 6.52. The second-order valence-electron chi connectivity index (χ2n) is 5.63. The van der Waals surface area contributed by atoms with E-state index in [1.54, 1.807) is 31.2 Å². The molecular formula is C19H21BrN2O3. The standard InChI is InChI=1S/C19H21BrN2O3/c1-4-18(23)21-16-6-5-7-17(13(16)3)22-19(24)11-25-14-8-9-15(20)12(2)10-14/h5-10H,4,11H2,1-3H3,(H,21,23)(H,22,24). The van der Waals surface area contributed by atoms with Gasteiger partial charge in [0.25, 0.3) is 5.91 Å². The Kier molecular flexibility index (Phi) is 6.58. The highest BCUT2D eigenvalue weighted by Gasteiger charge is 2.10. The molecule has 0 aliphatic heterocycles. The maximum absolute atomic E-state index is 12.1. The van der Waals surface area contributed by atoms with Gasteiger partial charge < -0.3 is 15.4 Å². The quantitative estimate of drug-likeness (QED) is 0.747. The number of anilines is 2. The van der Waals surface area contributed by atoms with Crippen LogP contribution in [0.25, 0.3) is 0 Å². The number of aryl methyl sites for hydroxylation is 1. The lowest BCUT2D eigenvalue weighted by atomic mass is 10.1. The van der Waals surface area contributed by atoms with E-state index < -0.39 is 0 Å². The maximum Gasteiger partial charge on any atom is 0.262 e. The second-order valence-corrected chi connectivity index (χ2v) is 6.48. The molecule has 6 heteroatoms. The van der Waals surface area contributed by atoms with Crippen molar-refractivity contribution in [1.82, 2.24) is 0 Å². The Hall–Kier alpha value is -2.34. The fourth-order valence-corrected chi connectivity index (χ4v) is 2.43. The molecule has 0 spiro atoms. The Bertz CT molecular complexity index is 790. The van der Waals surface area contributed by atoms with Crippen LogP contribution in [0.3, 0.4) is 0 Å². The van der Waals surface area contributed by atoms with Gasteiger partial charge in [-0.15, -0.1) is 0 Å². The summed E-state index contributed by atoms with van der Waals surface area (Å²) in [6.45, 7) is 5.50. The molecule has 0 aliphatic rings. The number of carbonyl (C=O) groups is 2. The highest BCUT2D eigenvalue weighted by atomic mass is 79.9. The van der Waals surface area contributed by atoms with Gasteiger partial charge in [0.2, 0.25) is 5.91 Å². The van der Waals surface area contributed by atoms with Crippen molar-refractivity contribution in [2.75, 3.05) is 17.2 Å². The normalized spacial score (nSPS) is 10.2. The molecular weight excluding hydrogens is 384 g/mol. The maximum atomic E-state index is 12.1. The first-order chi connectivity index (χ1) is 11.9. The van der Waals surface area contributed by atoms with E-state index in [1.807, 2.05) is 26.0 Å². The van der Waals surface area contributed by atoms with Crippen molar-refractivity contribution >= 4 is 39.1 Å². The Morgan fingerprint density at radius 2 is 1.68 bits per heavy atom.